The minimum Gasteiger partial charge on any atom is -0.506 e. The van der Waals surface area contributed by atoms with Crippen LogP contribution in [-0.4, -0.2) is 23.1 Å². The molecule has 0 atom stereocenters. The van der Waals surface area contributed by atoms with Crippen LogP contribution in [0.1, 0.15) is 6.92 Å². The highest BCUT2D eigenvalue weighted by molar-refractivity contribution is 7.14. The molecule has 0 bridgehead atoms. The Morgan fingerprint density at radius 3 is 2.64 bits per heavy atom. The maximum Gasteiger partial charge on any atom is 0.221 e. The predicted octanol–water partition coefficient (Wildman–Crippen LogP) is 4.23. The van der Waals surface area contributed by atoms with Gasteiger partial charge in [-0.15, -0.1) is 11.3 Å². The van der Waals surface area contributed by atoms with Crippen LogP contribution in [0.4, 0.5) is 16.5 Å². The monoisotopic (exact) mass is 355 g/mol. The number of thiazole rings is 1. The van der Waals surface area contributed by atoms with Crippen LogP contribution in [-0.2, 0) is 4.79 Å². The SMILES string of the molecule is COc1ccc(Nc2nc(-c3ccc(O)c(NC(C)=O)c3)cs2)cc1. The second-order valence-corrected chi connectivity index (χ2v) is 6.16. The average molecular weight is 355 g/mol. The van der Waals surface area contributed by atoms with E-state index in [2.05, 4.69) is 15.6 Å². The molecular weight excluding hydrogens is 338 g/mol. The molecular formula is C18H17N3O3S. The zero-order valence-corrected chi connectivity index (χ0v) is 14.6. The van der Waals surface area contributed by atoms with E-state index in [9.17, 15) is 9.90 Å². The minimum atomic E-state index is -0.243. The second kappa shape index (κ2) is 7.23. The number of phenolic OH excluding ortho intramolecular Hbond substituents is 1. The van der Waals surface area contributed by atoms with Gasteiger partial charge in [-0.1, -0.05) is 0 Å². The van der Waals surface area contributed by atoms with E-state index in [1.54, 1.807) is 19.2 Å². The summed E-state index contributed by atoms with van der Waals surface area (Å²) in [6.07, 6.45) is 0. The molecule has 0 spiro atoms. The van der Waals surface area contributed by atoms with Crippen LogP contribution in [0.2, 0.25) is 0 Å². The molecule has 0 aliphatic carbocycles. The zero-order chi connectivity index (χ0) is 17.8. The zero-order valence-electron chi connectivity index (χ0n) is 13.7. The summed E-state index contributed by atoms with van der Waals surface area (Å²) >= 11 is 1.47. The Kier molecular flexibility index (Phi) is 4.85. The predicted molar refractivity (Wildman–Crippen MR) is 99.8 cm³/mol. The van der Waals surface area contributed by atoms with Gasteiger partial charge in [0.25, 0.3) is 0 Å². The molecule has 128 valence electrons. The Hall–Kier alpha value is -3.06. The van der Waals surface area contributed by atoms with Gasteiger partial charge in [-0.2, -0.15) is 0 Å². The fourth-order valence-electron chi connectivity index (χ4n) is 2.25. The van der Waals surface area contributed by atoms with Crippen molar-refractivity contribution in [2.75, 3.05) is 17.7 Å². The molecule has 0 saturated heterocycles. The largest absolute Gasteiger partial charge is 0.506 e. The van der Waals surface area contributed by atoms with Crippen molar-refractivity contribution in [2.24, 2.45) is 0 Å². The lowest BCUT2D eigenvalue weighted by Crippen LogP contribution is -2.05. The number of carbonyl (C=O) groups excluding carboxylic acids is 1. The highest BCUT2D eigenvalue weighted by Gasteiger charge is 2.09. The summed E-state index contributed by atoms with van der Waals surface area (Å²) in [5.41, 5.74) is 2.84. The van der Waals surface area contributed by atoms with Crippen LogP contribution in [0.3, 0.4) is 0 Å². The smallest absolute Gasteiger partial charge is 0.221 e. The third-order valence-electron chi connectivity index (χ3n) is 3.45. The Balaban J connectivity index is 1.79. The van der Waals surface area contributed by atoms with Crippen molar-refractivity contribution in [1.82, 2.24) is 4.98 Å². The van der Waals surface area contributed by atoms with Crippen molar-refractivity contribution in [2.45, 2.75) is 6.92 Å². The lowest BCUT2D eigenvalue weighted by Gasteiger charge is -2.07. The molecule has 25 heavy (non-hydrogen) atoms. The Bertz CT molecular complexity index is 891. The van der Waals surface area contributed by atoms with E-state index in [0.717, 1.165) is 27.8 Å². The van der Waals surface area contributed by atoms with Crippen LogP contribution in [0.25, 0.3) is 11.3 Å². The number of ether oxygens (including phenoxy) is 1. The molecule has 0 unspecified atom stereocenters. The van der Waals surface area contributed by atoms with E-state index in [-0.39, 0.29) is 11.7 Å². The lowest BCUT2D eigenvalue weighted by molar-refractivity contribution is -0.114. The van der Waals surface area contributed by atoms with Gasteiger partial charge in [-0.3, -0.25) is 4.79 Å². The number of nitrogens with zero attached hydrogens (tertiary/aromatic N) is 1. The third-order valence-corrected chi connectivity index (χ3v) is 4.21. The van der Waals surface area contributed by atoms with E-state index >= 15 is 0 Å². The summed E-state index contributed by atoms with van der Waals surface area (Å²) in [7, 11) is 1.63. The Morgan fingerprint density at radius 2 is 1.96 bits per heavy atom. The first kappa shape index (κ1) is 16.8. The van der Waals surface area contributed by atoms with Gasteiger partial charge in [0.1, 0.15) is 11.5 Å². The summed E-state index contributed by atoms with van der Waals surface area (Å²) in [5, 5.41) is 18.3. The van der Waals surface area contributed by atoms with Gasteiger partial charge >= 0.3 is 0 Å². The molecule has 0 aliphatic heterocycles. The molecule has 0 radical (unpaired) electrons. The van der Waals surface area contributed by atoms with E-state index in [0.29, 0.717) is 5.69 Å². The number of anilines is 3. The van der Waals surface area contributed by atoms with Crippen LogP contribution in [0.15, 0.2) is 47.8 Å². The maximum atomic E-state index is 11.2. The normalized spacial score (nSPS) is 10.3. The average Bonchev–Trinajstić information content (AvgIpc) is 3.05. The standard InChI is InChI=1S/C18H17N3O3S/c1-11(22)19-15-9-12(3-8-17(15)23)16-10-25-18(21-16)20-13-4-6-14(24-2)7-5-13/h3-10,23H,1-2H3,(H,19,22)(H,20,21). The Labute approximate surface area is 149 Å². The van der Waals surface area contributed by atoms with Crippen molar-refractivity contribution in [3.8, 4) is 22.8 Å². The molecule has 7 heteroatoms. The molecule has 3 N–H and O–H groups in total. The van der Waals surface area contributed by atoms with Gasteiger partial charge in [-0.05, 0) is 42.5 Å². The number of aromatic hydroxyl groups is 1. The third kappa shape index (κ3) is 4.07. The van der Waals surface area contributed by atoms with Gasteiger partial charge in [0.15, 0.2) is 5.13 Å². The first-order valence-corrected chi connectivity index (χ1v) is 8.40. The summed E-state index contributed by atoms with van der Waals surface area (Å²) in [5.74, 6) is 0.568. The number of benzene rings is 2. The number of hydrogen-bond acceptors (Lipinski definition) is 6. The van der Waals surface area contributed by atoms with Gasteiger partial charge in [0.2, 0.25) is 5.91 Å². The molecule has 3 aromatic rings. The fraction of sp³-hybridized carbons (Fsp3) is 0.111. The number of hydrogen-bond donors (Lipinski definition) is 3. The molecule has 6 nitrogen and oxygen atoms in total. The highest BCUT2D eigenvalue weighted by atomic mass is 32.1. The molecule has 0 aliphatic rings. The molecule has 0 saturated carbocycles. The number of nitrogens with one attached hydrogen (secondary N) is 2. The quantitative estimate of drug-likeness (QED) is 0.597. The second-order valence-electron chi connectivity index (χ2n) is 5.30. The fourth-order valence-corrected chi connectivity index (χ4v) is 2.99. The number of phenols is 1. The molecule has 0 fully saturated rings. The summed E-state index contributed by atoms with van der Waals surface area (Å²) < 4.78 is 5.14. The van der Waals surface area contributed by atoms with Gasteiger partial charge in [-0.25, -0.2) is 4.98 Å². The lowest BCUT2D eigenvalue weighted by atomic mass is 10.1. The molecule has 1 heterocycles. The summed E-state index contributed by atoms with van der Waals surface area (Å²) in [4.78, 5) is 15.8. The summed E-state index contributed by atoms with van der Waals surface area (Å²) in [6.45, 7) is 1.39. The van der Waals surface area contributed by atoms with E-state index < -0.39 is 0 Å². The van der Waals surface area contributed by atoms with Crippen LogP contribution in [0.5, 0.6) is 11.5 Å². The van der Waals surface area contributed by atoms with Crippen LogP contribution >= 0.6 is 11.3 Å². The van der Waals surface area contributed by atoms with Gasteiger partial charge in [0.05, 0.1) is 18.5 Å². The van der Waals surface area contributed by atoms with Crippen LogP contribution < -0.4 is 15.4 Å². The van der Waals surface area contributed by atoms with Crippen molar-refractivity contribution in [3.05, 3.63) is 47.8 Å². The van der Waals surface area contributed by atoms with Crippen molar-refractivity contribution < 1.29 is 14.6 Å². The van der Waals surface area contributed by atoms with E-state index in [1.807, 2.05) is 29.6 Å². The molecule has 3 rings (SSSR count). The highest BCUT2D eigenvalue weighted by Crippen LogP contribution is 2.32. The first-order chi connectivity index (χ1) is 12.0. The molecule has 2 aromatic carbocycles. The number of carbonyl (C=O) groups is 1. The number of aromatic nitrogens is 1. The first-order valence-electron chi connectivity index (χ1n) is 7.53. The van der Waals surface area contributed by atoms with Crippen molar-refractivity contribution >= 4 is 33.8 Å². The van der Waals surface area contributed by atoms with Crippen LogP contribution in [0, 0.1) is 0 Å². The topological polar surface area (TPSA) is 83.5 Å². The van der Waals surface area contributed by atoms with E-state index in [4.69, 9.17) is 4.74 Å². The molecule has 1 amide bonds. The van der Waals surface area contributed by atoms with Crippen molar-refractivity contribution in [1.29, 1.82) is 0 Å². The Morgan fingerprint density at radius 1 is 1.20 bits per heavy atom. The number of methoxy groups -OCH3 is 1. The number of rotatable bonds is 5. The number of amides is 1. The summed E-state index contributed by atoms with van der Waals surface area (Å²) in [6, 6.07) is 12.6. The maximum absolute atomic E-state index is 11.2. The van der Waals surface area contributed by atoms with Crippen molar-refractivity contribution in [3.63, 3.8) is 0 Å². The van der Waals surface area contributed by atoms with Gasteiger partial charge in [0, 0.05) is 23.6 Å². The minimum absolute atomic E-state index is 0.0192. The van der Waals surface area contributed by atoms with Gasteiger partial charge < -0.3 is 20.5 Å². The molecule has 1 aromatic heterocycles. The van der Waals surface area contributed by atoms with E-state index in [1.165, 1.54) is 24.3 Å².